The smallest absolute Gasteiger partial charge is 0.0727 e. The molecule has 2 nitrogen and oxygen atoms in total. The van der Waals surface area contributed by atoms with Crippen molar-refractivity contribution in [1.82, 2.24) is 4.98 Å². The van der Waals surface area contributed by atoms with E-state index in [1.807, 2.05) is 12.1 Å². The van der Waals surface area contributed by atoms with Crippen LogP contribution in [0.15, 0.2) is 22.7 Å². The topological polar surface area (TPSA) is 38.9 Å². The van der Waals surface area contributed by atoms with Gasteiger partial charge < -0.3 is 5.73 Å². The number of pyridine rings is 1. The van der Waals surface area contributed by atoms with Crippen LogP contribution in [0.25, 0.3) is 10.9 Å². The molecule has 0 saturated carbocycles. The van der Waals surface area contributed by atoms with Gasteiger partial charge in [0.1, 0.15) is 0 Å². The summed E-state index contributed by atoms with van der Waals surface area (Å²) >= 11 is 3.48. The van der Waals surface area contributed by atoms with Crippen molar-refractivity contribution in [3.05, 3.63) is 33.9 Å². The minimum atomic E-state index is 0.931. The molecule has 0 aliphatic heterocycles. The summed E-state index contributed by atoms with van der Waals surface area (Å²) in [6, 6.07) is 6.11. The van der Waals surface area contributed by atoms with Gasteiger partial charge in [-0.15, -0.1) is 0 Å². The normalized spacial score (nSPS) is 15.1. The van der Waals surface area contributed by atoms with Crippen molar-refractivity contribution in [1.29, 1.82) is 0 Å². The van der Waals surface area contributed by atoms with E-state index < -0.39 is 0 Å². The SMILES string of the molecule is Nc1c2c(nc3ccc(Br)cc13)CCCC2. The first-order valence-corrected chi connectivity index (χ1v) is 6.41. The molecule has 16 heavy (non-hydrogen) atoms. The van der Waals surface area contributed by atoms with E-state index in [-0.39, 0.29) is 0 Å². The predicted molar refractivity (Wildman–Crippen MR) is 70.5 cm³/mol. The van der Waals surface area contributed by atoms with E-state index in [0.717, 1.165) is 33.9 Å². The minimum Gasteiger partial charge on any atom is -0.398 e. The van der Waals surface area contributed by atoms with E-state index in [1.165, 1.54) is 24.1 Å². The molecule has 3 heteroatoms. The van der Waals surface area contributed by atoms with Crippen molar-refractivity contribution in [2.24, 2.45) is 0 Å². The second kappa shape index (κ2) is 3.74. The Kier molecular flexibility index (Phi) is 2.36. The monoisotopic (exact) mass is 276 g/mol. The van der Waals surface area contributed by atoms with Gasteiger partial charge in [0.2, 0.25) is 0 Å². The van der Waals surface area contributed by atoms with Crippen molar-refractivity contribution < 1.29 is 0 Å². The fraction of sp³-hybridized carbons (Fsp3) is 0.308. The van der Waals surface area contributed by atoms with Gasteiger partial charge in [0, 0.05) is 21.2 Å². The predicted octanol–water partition coefficient (Wildman–Crippen LogP) is 3.46. The average Bonchev–Trinajstić information content (AvgIpc) is 2.31. The van der Waals surface area contributed by atoms with Gasteiger partial charge in [-0.3, -0.25) is 4.98 Å². The van der Waals surface area contributed by atoms with Gasteiger partial charge in [-0.2, -0.15) is 0 Å². The third kappa shape index (κ3) is 1.50. The highest BCUT2D eigenvalue weighted by Gasteiger charge is 2.16. The number of nitrogen functional groups attached to an aromatic ring is 1. The third-order valence-electron chi connectivity index (χ3n) is 3.27. The molecule has 1 aromatic heterocycles. The number of nitrogens with two attached hydrogens (primary N) is 1. The first-order valence-electron chi connectivity index (χ1n) is 5.62. The maximum absolute atomic E-state index is 6.25. The average molecular weight is 277 g/mol. The summed E-state index contributed by atoms with van der Waals surface area (Å²) < 4.78 is 1.06. The number of rotatable bonds is 0. The van der Waals surface area contributed by atoms with Crippen LogP contribution in [-0.4, -0.2) is 4.98 Å². The molecule has 0 bridgehead atoms. The maximum Gasteiger partial charge on any atom is 0.0727 e. The summed E-state index contributed by atoms with van der Waals surface area (Å²) in [5, 5.41) is 1.08. The lowest BCUT2D eigenvalue weighted by atomic mass is 9.93. The Balaban J connectivity index is 2.35. The summed E-state index contributed by atoms with van der Waals surface area (Å²) in [5.74, 6) is 0. The molecule has 0 atom stereocenters. The van der Waals surface area contributed by atoms with Crippen molar-refractivity contribution in [2.45, 2.75) is 25.7 Å². The van der Waals surface area contributed by atoms with Crippen molar-refractivity contribution in [3.8, 4) is 0 Å². The molecule has 0 unspecified atom stereocenters. The Labute approximate surface area is 103 Å². The molecule has 3 rings (SSSR count). The quantitative estimate of drug-likeness (QED) is 0.801. The van der Waals surface area contributed by atoms with E-state index in [0.29, 0.717) is 0 Å². The van der Waals surface area contributed by atoms with Gasteiger partial charge in [-0.25, -0.2) is 0 Å². The third-order valence-corrected chi connectivity index (χ3v) is 3.76. The molecular weight excluding hydrogens is 264 g/mol. The fourth-order valence-electron chi connectivity index (χ4n) is 2.43. The molecule has 1 aliphatic carbocycles. The molecule has 0 amide bonds. The zero-order valence-electron chi connectivity index (χ0n) is 8.96. The van der Waals surface area contributed by atoms with Crippen LogP contribution in [0.2, 0.25) is 0 Å². The minimum absolute atomic E-state index is 0.931. The second-order valence-electron chi connectivity index (χ2n) is 4.32. The number of fused-ring (bicyclic) bond motifs is 2. The molecule has 0 radical (unpaired) electrons. The highest BCUT2D eigenvalue weighted by Crippen LogP contribution is 2.32. The van der Waals surface area contributed by atoms with Crippen LogP contribution >= 0.6 is 15.9 Å². The second-order valence-corrected chi connectivity index (χ2v) is 5.23. The Morgan fingerprint density at radius 1 is 1.19 bits per heavy atom. The molecule has 0 spiro atoms. The molecule has 0 saturated heterocycles. The number of aromatic nitrogens is 1. The van der Waals surface area contributed by atoms with E-state index in [9.17, 15) is 0 Å². The summed E-state index contributed by atoms with van der Waals surface area (Å²) in [6.45, 7) is 0. The number of hydrogen-bond acceptors (Lipinski definition) is 2. The first-order chi connectivity index (χ1) is 7.75. The Bertz CT molecular complexity index is 563. The number of hydrogen-bond donors (Lipinski definition) is 1. The van der Waals surface area contributed by atoms with Gasteiger partial charge >= 0.3 is 0 Å². The standard InChI is InChI=1S/C13H13BrN2/c14-8-5-6-12-10(7-8)13(15)9-3-1-2-4-11(9)16-12/h5-7H,1-4H2,(H2,15,16). The summed E-state index contributed by atoms with van der Waals surface area (Å²) in [4.78, 5) is 4.72. The highest BCUT2D eigenvalue weighted by atomic mass is 79.9. The molecule has 1 aromatic carbocycles. The lowest BCUT2D eigenvalue weighted by Gasteiger charge is -2.18. The highest BCUT2D eigenvalue weighted by molar-refractivity contribution is 9.10. The van der Waals surface area contributed by atoms with E-state index in [1.54, 1.807) is 0 Å². The Morgan fingerprint density at radius 3 is 2.88 bits per heavy atom. The first kappa shape index (κ1) is 10.1. The molecule has 1 heterocycles. The van der Waals surface area contributed by atoms with Gasteiger partial charge in [-0.05, 0) is 49.4 Å². The van der Waals surface area contributed by atoms with Crippen molar-refractivity contribution in [2.75, 3.05) is 5.73 Å². The van der Waals surface area contributed by atoms with Gasteiger partial charge in [0.15, 0.2) is 0 Å². The Morgan fingerprint density at radius 2 is 2.00 bits per heavy atom. The molecule has 2 N–H and O–H groups in total. The van der Waals surface area contributed by atoms with E-state index >= 15 is 0 Å². The van der Waals surface area contributed by atoms with Crippen LogP contribution in [-0.2, 0) is 12.8 Å². The molecule has 1 aliphatic rings. The Hall–Kier alpha value is -1.09. The summed E-state index contributed by atoms with van der Waals surface area (Å²) in [5.41, 5.74) is 10.7. The lowest BCUT2D eigenvalue weighted by Crippen LogP contribution is -2.09. The number of nitrogens with zero attached hydrogens (tertiary/aromatic N) is 1. The largest absolute Gasteiger partial charge is 0.398 e. The van der Waals surface area contributed by atoms with Crippen molar-refractivity contribution >= 4 is 32.5 Å². The van der Waals surface area contributed by atoms with Gasteiger partial charge in [0.05, 0.1) is 5.52 Å². The van der Waals surface area contributed by atoms with E-state index in [2.05, 4.69) is 22.0 Å². The van der Waals surface area contributed by atoms with Crippen LogP contribution < -0.4 is 5.73 Å². The van der Waals surface area contributed by atoms with Crippen LogP contribution in [0, 0.1) is 0 Å². The number of benzene rings is 1. The van der Waals surface area contributed by atoms with Gasteiger partial charge in [0.25, 0.3) is 0 Å². The zero-order valence-corrected chi connectivity index (χ0v) is 10.5. The summed E-state index contributed by atoms with van der Waals surface area (Å²) in [6.07, 6.45) is 4.63. The zero-order chi connectivity index (χ0) is 11.1. The maximum atomic E-state index is 6.25. The number of aryl methyl sites for hydroxylation is 1. The van der Waals surface area contributed by atoms with Crippen LogP contribution in [0.1, 0.15) is 24.1 Å². The number of anilines is 1. The van der Waals surface area contributed by atoms with Gasteiger partial charge in [-0.1, -0.05) is 15.9 Å². The van der Waals surface area contributed by atoms with E-state index in [4.69, 9.17) is 10.7 Å². The molecule has 2 aromatic rings. The molecule has 0 fully saturated rings. The van der Waals surface area contributed by atoms with Crippen LogP contribution in [0.3, 0.4) is 0 Å². The van der Waals surface area contributed by atoms with Crippen molar-refractivity contribution in [3.63, 3.8) is 0 Å². The molecule has 82 valence electrons. The summed E-state index contributed by atoms with van der Waals surface area (Å²) in [7, 11) is 0. The van der Waals surface area contributed by atoms with Crippen LogP contribution in [0.5, 0.6) is 0 Å². The lowest BCUT2D eigenvalue weighted by molar-refractivity contribution is 0.673. The fourth-order valence-corrected chi connectivity index (χ4v) is 2.79. The number of halogens is 1. The van der Waals surface area contributed by atoms with Crippen LogP contribution in [0.4, 0.5) is 5.69 Å². The molecular formula is C13H13BrN2.